The number of benzene rings is 1. The van der Waals surface area contributed by atoms with Gasteiger partial charge in [0.2, 0.25) is 5.91 Å². The summed E-state index contributed by atoms with van der Waals surface area (Å²) in [5.41, 5.74) is 1.62. The molecular formula is C15H21NO3. The molecule has 0 saturated carbocycles. The summed E-state index contributed by atoms with van der Waals surface area (Å²) in [6.45, 7) is 1.91. The molecular weight excluding hydrogens is 242 g/mol. The van der Waals surface area contributed by atoms with Crippen LogP contribution in [0, 0.1) is 6.92 Å². The van der Waals surface area contributed by atoms with Crippen molar-refractivity contribution in [2.75, 3.05) is 21.2 Å². The second kappa shape index (κ2) is 6.92. The van der Waals surface area contributed by atoms with Crippen LogP contribution in [-0.2, 0) is 4.79 Å². The number of methoxy groups -OCH3 is 1. The highest BCUT2D eigenvalue weighted by molar-refractivity contribution is 5.96. The highest BCUT2D eigenvalue weighted by atomic mass is 16.5. The van der Waals surface area contributed by atoms with Crippen LogP contribution < -0.4 is 4.74 Å². The molecule has 0 spiro atoms. The van der Waals surface area contributed by atoms with Crippen LogP contribution in [0.4, 0.5) is 0 Å². The third-order valence-electron chi connectivity index (χ3n) is 3.01. The fourth-order valence-electron chi connectivity index (χ4n) is 1.82. The van der Waals surface area contributed by atoms with E-state index in [1.807, 2.05) is 13.0 Å². The number of ketones is 1. The summed E-state index contributed by atoms with van der Waals surface area (Å²) in [7, 11) is 5.05. The van der Waals surface area contributed by atoms with E-state index < -0.39 is 0 Å². The van der Waals surface area contributed by atoms with E-state index in [4.69, 9.17) is 4.74 Å². The van der Waals surface area contributed by atoms with Gasteiger partial charge in [-0.3, -0.25) is 9.59 Å². The van der Waals surface area contributed by atoms with Gasteiger partial charge in [0.15, 0.2) is 5.78 Å². The summed E-state index contributed by atoms with van der Waals surface area (Å²) in [5, 5.41) is 0. The molecule has 104 valence electrons. The molecule has 1 amide bonds. The van der Waals surface area contributed by atoms with Crippen LogP contribution in [0.1, 0.15) is 35.2 Å². The number of hydrogen-bond acceptors (Lipinski definition) is 3. The van der Waals surface area contributed by atoms with Gasteiger partial charge in [-0.2, -0.15) is 0 Å². The van der Waals surface area contributed by atoms with Gasteiger partial charge in [0.05, 0.1) is 7.11 Å². The highest BCUT2D eigenvalue weighted by Crippen LogP contribution is 2.19. The molecule has 19 heavy (non-hydrogen) atoms. The van der Waals surface area contributed by atoms with Gasteiger partial charge in [-0.25, -0.2) is 0 Å². The summed E-state index contributed by atoms with van der Waals surface area (Å²) in [5.74, 6) is 0.898. The Morgan fingerprint density at radius 1 is 1.21 bits per heavy atom. The third kappa shape index (κ3) is 4.39. The number of hydrogen-bond donors (Lipinski definition) is 0. The van der Waals surface area contributed by atoms with E-state index in [0.717, 1.165) is 11.3 Å². The van der Waals surface area contributed by atoms with Gasteiger partial charge >= 0.3 is 0 Å². The molecule has 4 heteroatoms. The lowest BCUT2D eigenvalue weighted by Gasteiger charge is -2.10. The Bertz CT molecular complexity index is 466. The van der Waals surface area contributed by atoms with Crippen molar-refractivity contribution in [1.29, 1.82) is 0 Å². The van der Waals surface area contributed by atoms with Gasteiger partial charge in [0.25, 0.3) is 0 Å². The van der Waals surface area contributed by atoms with Gasteiger partial charge in [0, 0.05) is 32.5 Å². The fourth-order valence-corrected chi connectivity index (χ4v) is 1.82. The highest BCUT2D eigenvalue weighted by Gasteiger charge is 2.10. The monoisotopic (exact) mass is 263 g/mol. The van der Waals surface area contributed by atoms with Gasteiger partial charge in [-0.1, -0.05) is 0 Å². The van der Waals surface area contributed by atoms with Gasteiger partial charge in [0.1, 0.15) is 5.75 Å². The zero-order valence-corrected chi connectivity index (χ0v) is 12.0. The Morgan fingerprint density at radius 3 is 2.42 bits per heavy atom. The second-order valence-electron chi connectivity index (χ2n) is 4.75. The van der Waals surface area contributed by atoms with Crippen molar-refractivity contribution < 1.29 is 14.3 Å². The van der Waals surface area contributed by atoms with Crippen LogP contribution in [0.5, 0.6) is 5.75 Å². The van der Waals surface area contributed by atoms with Crippen molar-refractivity contribution in [3.05, 3.63) is 29.3 Å². The molecule has 1 aromatic carbocycles. The molecule has 1 aromatic rings. The van der Waals surface area contributed by atoms with Crippen molar-refractivity contribution in [2.45, 2.75) is 26.2 Å². The van der Waals surface area contributed by atoms with E-state index >= 15 is 0 Å². The minimum absolute atomic E-state index is 0.0544. The van der Waals surface area contributed by atoms with E-state index in [1.54, 1.807) is 38.2 Å². The van der Waals surface area contributed by atoms with Crippen molar-refractivity contribution in [3.63, 3.8) is 0 Å². The molecule has 0 radical (unpaired) electrons. The second-order valence-corrected chi connectivity index (χ2v) is 4.75. The first kappa shape index (κ1) is 15.2. The van der Waals surface area contributed by atoms with E-state index in [1.165, 1.54) is 0 Å². The van der Waals surface area contributed by atoms with E-state index in [0.29, 0.717) is 24.8 Å². The number of carbonyl (C=O) groups is 2. The number of amides is 1. The van der Waals surface area contributed by atoms with Crippen molar-refractivity contribution >= 4 is 11.7 Å². The lowest BCUT2D eigenvalue weighted by atomic mass is 10.0. The number of rotatable bonds is 6. The van der Waals surface area contributed by atoms with Crippen LogP contribution in [-0.4, -0.2) is 37.8 Å². The minimum Gasteiger partial charge on any atom is -0.496 e. The molecule has 0 fully saturated rings. The smallest absolute Gasteiger partial charge is 0.222 e. The first-order chi connectivity index (χ1) is 8.95. The molecule has 0 aromatic heterocycles. The Balaban J connectivity index is 2.54. The maximum Gasteiger partial charge on any atom is 0.222 e. The van der Waals surface area contributed by atoms with Crippen molar-refractivity contribution in [3.8, 4) is 5.75 Å². The largest absolute Gasteiger partial charge is 0.496 e. The molecule has 0 aliphatic carbocycles. The average Bonchev–Trinajstić information content (AvgIpc) is 2.38. The molecule has 0 saturated heterocycles. The van der Waals surface area contributed by atoms with Crippen LogP contribution >= 0.6 is 0 Å². The van der Waals surface area contributed by atoms with Crippen LogP contribution in [0.15, 0.2) is 18.2 Å². The summed E-state index contributed by atoms with van der Waals surface area (Å²) in [6.07, 6.45) is 1.39. The van der Waals surface area contributed by atoms with Gasteiger partial charge < -0.3 is 9.64 Å². The number of aryl methyl sites for hydroxylation is 1. The number of carbonyl (C=O) groups excluding carboxylic acids is 2. The normalized spacial score (nSPS) is 10.1. The van der Waals surface area contributed by atoms with Gasteiger partial charge in [-0.15, -0.1) is 0 Å². The van der Waals surface area contributed by atoms with Gasteiger partial charge in [-0.05, 0) is 37.1 Å². The summed E-state index contributed by atoms with van der Waals surface area (Å²) in [4.78, 5) is 24.9. The van der Waals surface area contributed by atoms with Crippen LogP contribution in [0.2, 0.25) is 0 Å². The van der Waals surface area contributed by atoms with Crippen molar-refractivity contribution in [2.24, 2.45) is 0 Å². The Morgan fingerprint density at radius 2 is 1.89 bits per heavy atom. The van der Waals surface area contributed by atoms with Crippen LogP contribution in [0.3, 0.4) is 0 Å². The molecule has 0 N–H and O–H groups in total. The molecule has 0 atom stereocenters. The lowest BCUT2D eigenvalue weighted by molar-refractivity contribution is -0.128. The SMILES string of the molecule is COc1ccc(C(=O)CCCC(=O)N(C)C)cc1C. The molecule has 0 heterocycles. The molecule has 0 bridgehead atoms. The Hall–Kier alpha value is -1.84. The molecule has 0 unspecified atom stereocenters. The molecule has 0 aliphatic heterocycles. The Labute approximate surface area is 114 Å². The van der Waals surface area contributed by atoms with E-state index in [-0.39, 0.29) is 11.7 Å². The van der Waals surface area contributed by atoms with Crippen LogP contribution in [0.25, 0.3) is 0 Å². The standard InChI is InChI=1S/C15H21NO3/c1-11-10-12(8-9-14(11)19-4)13(17)6-5-7-15(18)16(2)3/h8-10H,5-7H2,1-4H3. The molecule has 0 aliphatic rings. The molecule has 4 nitrogen and oxygen atoms in total. The minimum atomic E-state index is 0.0544. The zero-order chi connectivity index (χ0) is 14.4. The fraction of sp³-hybridized carbons (Fsp3) is 0.467. The third-order valence-corrected chi connectivity index (χ3v) is 3.01. The average molecular weight is 263 g/mol. The first-order valence-electron chi connectivity index (χ1n) is 6.33. The first-order valence-corrected chi connectivity index (χ1v) is 6.33. The quantitative estimate of drug-likeness (QED) is 0.741. The number of nitrogens with zero attached hydrogens (tertiary/aromatic N) is 1. The summed E-state index contributed by atoms with van der Waals surface area (Å²) >= 11 is 0. The number of Topliss-reactive ketones (excluding diaryl/α,β-unsaturated/α-hetero) is 1. The maximum absolute atomic E-state index is 12.0. The molecule has 1 rings (SSSR count). The Kier molecular flexibility index (Phi) is 5.55. The predicted molar refractivity (Wildman–Crippen MR) is 74.6 cm³/mol. The maximum atomic E-state index is 12.0. The van der Waals surface area contributed by atoms with E-state index in [9.17, 15) is 9.59 Å². The van der Waals surface area contributed by atoms with Crippen molar-refractivity contribution in [1.82, 2.24) is 4.90 Å². The summed E-state index contributed by atoms with van der Waals surface area (Å²) in [6, 6.07) is 5.39. The van der Waals surface area contributed by atoms with E-state index in [2.05, 4.69) is 0 Å². The topological polar surface area (TPSA) is 46.6 Å². The number of ether oxygens (including phenoxy) is 1. The zero-order valence-electron chi connectivity index (χ0n) is 12.0. The summed E-state index contributed by atoms with van der Waals surface area (Å²) < 4.78 is 5.16. The predicted octanol–water partition coefficient (Wildman–Crippen LogP) is 2.44. The lowest BCUT2D eigenvalue weighted by Crippen LogP contribution is -2.21.